The number of amides is 1. The zero-order valence-corrected chi connectivity index (χ0v) is 18.0. The van der Waals surface area contributed by atoms with Gasteiger partial charge in [-0.05, 0) is 56.2 Å². The Labute approximate surface area is 179 Å². The van der Waals surface area contributed by atoms with Gasteiger partial charge >= 0.3 is 0 Å². The third-order valence-corrected chi connectivity index (χ3v) is 4.51. The minimum Gasteiger partial charge on any atom is -0.490 e. The van der Waals surface area contributed by atoms with Crippen molar-refractivity contribution in [2.75, 3.05) is 18.5 Å². The largest absolute Gasteiger partial charge is 0.490 e. The number of carbonyl (C=O) groups is 1. The number of anilines is 1. The smallest absolute Gasteiger partial charge is 0.266 e. The number of hydrogen-bond acceptors (Lipinski definition) is 4. The number of hydrogen-bond donors (Lipinski definition) is 1. The van der Waals surface area contributed by atoms with E-state index in [-0.39, 0.29) is 5.57 Å². The third-order valence-electron chi connectivity index (χ3n) is 4.51. The summed E-state index contributed by atoms with van der Waals surface area (Å²) in [5.41, 5.74) is 2.47. The fourth-order valence-electron chi connectivity index (χ4n) is 2.86. The summed E-state index contributed by atoms with van der Waals surface area (Å²) >= 11 is 0. The number of unbranched alkanes of at least 4 members (excludes halogenated alkanes) is 3. The van der Waals surface area contributed by atoms with E-state index in [1.165, 1.54) is 12.8 Å². The Morgan fingerprint density at radius 2 is 1.80 bits per heavy atom. The van der Waals surface area contributed by atoms with E-state index in [4.69, 9.17) is 9.47 Å². The molecule has 0 aliphatic carbocycles. The van der Waals surface area contributed by atoms with Crippen LogP contribution in [-0.2, 0) is 4.79 Å². The molecule has 2 aromatic carbocycles. The van der Waals surface area contributed by atoms with Crippen LogP contribution in [0.2, 0.25) is 0 Å². The first-order valence-electron chi connectivity index (χ1n) is 10.5. The standard InChI is InChI=1S/C25H30N2O3/c1-4-6-7-8-15-30-23-14-11-20(17-24(23)29-5-2)16-21(18-26)25(28)27-22-12-9-19(3)10-13-22/h9-14,16-17H,4-8,15H2,1-3H3,(H,27,28)/b21-16-. The van der Waals surface area contributed by atoms with Gasteiger partial charge in [-0.25, -0.2) is 0 Å². The molecule has 0 aliphatic heterocycles. The lowest BCUT2D eigenvalue weighted by atomic mass is 10.1. The Bertz CT molecular complexity index is 896. The van der Waals surface area contributed by atoms with Crippen molar-refractivity contribution in [2.24, 2.45) is 0 Å². The Hall–Kier alpha value is -3.26. The van der Waals surface area contributed by atoms with Gasteiger partial charge < -0.3 is 14.8 Å². The number of aryl methyl sites for hydroxylation is 1. The maximum absolute atomic E-state index is 12.5. The lowest BCUT2D eigenvalue weighted by molar-refractivity contribution is -0.112. The number of ether oxygens (including phenoxy) is 2. The van der Waals surface area contributed by atoms with Crippen molar-refractivity contribution in [1.29, 1.82) is 5.26 Å². The summed E-state index contributed by atoms with van der Waals surface area (Å²) in [6.45, 7) is 7.19. The van der Waals surface area contributed by atoms with Gasteiger partial charge in [0, 0.05) is 5.69 Å². The molecule has 5 heteroatoms. The molecular weight excluding hydrogens is 376 g/mol. The maximum Gasteiger partial charge on any atom is 0.266 e. The molecule has 2 aromatic rings. The first-order chi connectivity index (χ1) is 14.6. The average molecular weight is 407 g/mol. The van der Waals surface area contributed by atoms with Crippen molar-refractivity contribution in [1.82, 2.24) is 0 Å². The highest BCUT2D eigenvalue weighted by atomic mass is 16.5. The second kappa shape index (κ2) is 12.3. The molecule has 0 aliphatic rings. The van der Waals surface area contributed by atoms with Crippen LogP contribution in [0.25, 0.3) is 6.08 Å². The SMILES string of the molecule is CCCCCCOc1ccc(/C=C(/C#N)C(=O)Nc2ccc(C)cc2)cc1OCC. The average Bonchev–Trinajstić information content (AvgIpc) is 2.75. The van der Waals surface area contributed by atoms with Gasteiger partial charge in [0.2, 0.25) is 0 Å². The van der Waals surface area contributed by atoms with E-state index < -0.39 is 5.91 Å². The lowest BCUT2D eigenvalue weighted by Crippen LogP contribution is -2.13. The highest BCUT2D eigenvalue weighted by Gasteiger charge is 2.11. The molecule has 5 nitrogen and oxygen atoms in total. The summed E-state index contributed by atoms with van der Waals surface area (Å²) in [5.74, 6) is 0.835. The molecule has 0 spiro atoms. The van der Waals surface area contributed by atoms with Crippen LogP contribution in [0.1, 0.15) is 50.7 Å². The van der Waals surface area contributed by atoms with Crippen LogP contribution < -0.4 is 14.8 Å². The Kier molecular flexibility index (Phi) is 9.47. The van der Waals surface area contributed by atoms with E-state index in [1.807, 2.05) is 56.3 Å². The van der Waals surface area contributed by atoms with E-state index in [0.29, 0.717) is 36.0 Å². The second-order valence-electron chi connectivity index (χ2n) is 7.04. The normalized spacial score (nSPS) is 10.9. The molecule has 0 heterocycles. The minimum absolute atomic E-state index is 0.0197. The number of carbonyl (C=O) groups excluding carboxylic acids is 1. The van der Waals surface area contributed by atoms with Crippen LogP contribution >= 0.6 is 0 Å². The molecule has 158 valence electrons. The van der Waals surface area contributed by atoms with E-state index in [2.05, 4.69) is 12.2 Å². The molecule has 2 rings (SSSR count). The second-order valence-corrected chi connectivity index (χ2v) is 7.04. The van der Waals surface area contributed by atoms with Crippen LogP contribution in [0.15, 0.2) is 48.0 Å². The zero-order valence-electron chi connectivity index (χ0n) is 18.0. The molecule has 30 heavy (non-hydrogen) atoms. The summed E-state index contributed by atoms with van der Waals surface area (Å²) < 4.78 is 11.6. The van der Waals surface area contributed by atoms with Gasteiger partial charge in [0.25, 0.3) is 5.91 Å². The van der Waals surface area contributed by atoms with Crippen molar-refractivity contribution in [3.63, 3.8) is 0 Å². The van der Waals surface area contributed by atoms with Crippen LogP contribution in [0.4, 0.5) is 5.69 Å². The molecule has 1 amide bonds. The summed E-state index contributed by atoms with van der Waals surface area (Å²) in [6.07, 6.45) is 6.08. The van der Waals surface area contributed by atoms with Crippen LogP contribution in [0.3, 0.4) is 0 Å². The van der Waals surface area contributed by atoms with Crippen molar-refractivity contribution in [2.45, 2.75) is 46.5 Å². The van der Waals surface area contributed by atoms with E-state index in [9.17, 15) is 10.1 Å². The van der Waals surface area contributed by atoms with Gasteiger partial charge in [0.05, 0.1) is 13.2 Å². The molecule has 0 saturated carbocycles. The fourth-order valence-corrected chi connectivity index (χ4v) is 2.86. The van der Waals surface area contributed by atoms with E-state index >= 15 is 0 Å². The van der Waals surface area contributed by atoms with Gasteiger partial charge in [-0.15, -0.1) is 0 Å². The fraction of sp³-hybridized carbons (Fsp3) is 0.360. The quantitative estimate of drug-likeness (QED) is 0.286. The monoisotopic (exact) mass is 406 g/mol. The molecule has 0 aromatic heterocycles. The predicted octanol–water partition coefficient (Wildman–Crippen LogP) is 5.90. The highest BCUT2D eigenvalue weighted by Crippen LogP contribution is 2.29. The molecule has 1 N–H and O–H groups in total. The number of benzene rings is 2. The molecule has 0 saturated heterocycles. The number of rotatable bonds is 11. The first kappa shape index (κ1) is 23.0. The molecule has 0 unspecified atom stereocenters. The van der Waals surface area contributed by atoms with Gasteiger partial charge in [-0.2, -0.15) is 5.26 Å². The Morgan fingerprint density at radius 3 is 2.47 bits per heavy atom. The van der Waals surface area contributed by atoms with Crippen LogP contribution in [0, 0.1) is 18.3 Å². The van der Waals surface area contributed by atoms with Gasteiger partial charge in [-0.3, -0.25) is 4.79 Å². The maximum atomic E-state index is 12.5. The van der Waals surface area contributed by atoms with E-state index in [1.54, 1.807) is 12.1 Å². The molecule has 0 atom stereocenters. The minimum atomic E-state index is -0.449. The summed E-state index contributed by atoms with van der Waals surface area (Å²) in [4.78, 5) is 12.5. The van der Waals surface area contributed by atoms with Gasteiger partial charge in [0.1, 0.15) is 11.6 Å². The van der Waals surface area contributed by atoms with E-state index in [0.717, 1.165) is 18.4 Å². The highest BCUT2D eigenvalue weighted by molar-refractivity contribution is 6.09. The first-order valence-corrected chi connectivity index (χ1v) is 10.5. The number of nitriles is 1. The van der Waals surface area contributed by atoms with Gasteiger partial charge in [-0.1, -0.05) is 49.9 Å². The zero-order chi connectivity index (χ0) is 21.8. The molecule has 0 fully saturated rings. The molecule has 0 radical (unpaired) electrons. The van der Waals surface area contributed by atoms with Gasteiger partial charge in [0.15, 0.2) is 11.5 Å². The lowest BCUT2D eigenvalue weighted by Gasteiger charge is -2.13. The predicted molar refractivity (Wildman–Crippen MR) is 121 cm³/mol. The van der Waals surface area contributed by atoms with Crippen LogP contribution in [0.5, 0.6) is 11.5 Å². The van der Waals surface area contributed by atoms with Crippen molar-refractivity contribution in [3.8, 4) is 17.6 Å². The third kappa shape index (κ3) is 7.29. The van der Waals surface area contributed by atoms with Crippen molar-refractivity contribution in [3.05, 3.63) is 59.2 Å². The summed E-state index contributed by atoms with van der Waals surface area (Å²) in [5, 5.41) is 12.2. The summed E-state index contributed by atoms with van der Waals surface area (Å²) in [6, 6.07) is 14.8. The summed E-state index contributed by atoms with van der Waals surface area (Å²) in [7, 11) is 0. The Morgan fingerprint density at radius 1 is 1.03 bits per heavy atom. The van der Waals surface area contributed by atoms with Crippen molar-refractivity contribution < 1.29 is 14.3 Å². The Balaban J connectivity index is 2.12. The van der Waals surface area contributed by atoms with Crippen molar-refractivity contribution >= 4 is 17.7 Å². The van der Waals surface area contributed by atoms with Crippen LogP contribution in [-0.4, -0.2) is 19.1 Å². The topological polar surface area (TPSA) is 71.3 Å². The molecule has 0 bridgehead atoms. The molecular formula is C25H30N2O3. The number of nitrogens with zero attached hydrogens (tertiary/aromatic N) is 1. The number of nitrogens with one attached hydrogen (secondary N) is 1.